The van der Waals surface area contributed by atoms with Crippen LogP contribution < -0.4 is 21.3 Å². The van der Waals surface area contributed by atoms with Gasteiger partial charge in [-0.15, -0.1) is 0 Å². The van der Waals surface area contributed by atoms with Crippen LogP contribution in [-0.2, 0) is 0 Å². The highest BCUT2D eigenvalue weighted by Gasteiger charge is 2.41. The van der Waals surface area contributed by atoms with Crippen molar-refractivity contribution in [3.63, 3.8) is 0 Å². The Labute approximate surface area is 295 Å². The second kappa shape index (κ2) is 10.5. The van der Waals surface area contributed by atoms with E-state index in [0.717, 1.165) is 17.1 Å². The maximum Gasteiger partial charge on any atom is 0.249 e. The standard InChI is InChI=1S/C45H30BN3S/c1-29-27-38-42-40(28-29)50-39-24-14-12-22-34(39)46(42)35-25-26-37(47(30-15-5-2-6-16-30)31-17-7-3-8-18-31)41-44(35)49(38)43-33-21-11-13-23-36(33)48(45(41)43)32-19-9-4-10-20-32/h2-28H,1H3. The summed E-state index contributed by atoms with van der Waals surface area (Å²) in [6.07, 6.45) is 0. The Balaban J connectivity index is 1.40. The minimum atomic E-state index is 0.138. The molecule has 2 aromatic heterocycles. The number of benzene rings is 7. The number of aryl methyl sites for hydroxylation is 1. The molecule has 0 unspecified atom stereocenters. The van der Waals surface area contributed by atoms with E-state index in [9.17, 15) is 0 Å². The van der Waals surface area contributed by atoms with Crippen molar-refractivity contribution >= 4 is 84.8 Å². The Morgan fingerprint density at radius 1 is 0.540 bits per heavy atom. The molecule has 50 heavy (non-hydrogen) atoms. The number of fused-ring (bicyclic) bond motifs is 9. The third-order valence-corrected chi connectivity index (χ3v) is 11.7. The molecule has 2 aliphatic rings. The van der Waals surface area contributed by atoms with Gasteiger partial charge >= 0.3 is 0 Å². The lowest BCUT2D eigenvalue weighted by atomic mass is 9.35. The number of nitrogens with zero attached hydrogens (tertiary/aromatic N) is 3. The third kappa shape index (κ3) is 3.78. The molecule has 0 atom stereocenters. The highest BCUT2D eigenvalue weighted by atomic mass is 32.2. The number of hydrogen-bond acceptors (Lipinski definition) is 2. The number of hydrogen-bond donors (Lipinski definition) is 0. The summed E-state index contributed by atoms with van der Waals surface area (Å²) in [7, 11) is 0. The van der Waals surface area contributed by atoms with Crippen LogP contribution in [0.25, 0.3) is 44.2 Å². The van der Waals surface area contributed by atoms with E-state index in [1.165, 1.54) is 76.0 Å². The van der Waals surface area contributed by atoms with Gasteiger partial charge in [-0.25, -0.2) is 0 Å². The first kappa shape index (κ1) is 28.0. The van der Waals surface area contributed by atoms with E-state index in [4.69, 9.17) is 0 Å². The largest absolute Gasteiger partial charge is 0.310 e. The molecular formula is C45H30BN3S. The predicted molar refractivity (Wildman–Crippen MR) is 212 cm³/mol. The molecule has 0 fully saturated rings. The van der Waals surface area contributed by atoms with Gasteiger partial charge in [-0.05, 0) is 90.1 Å². The smallest absolute Gasteiger partial charge is 0.249 e. The fraction of sp³-hybridized carbons (Fsp3) is 0.0222. The molecule has 0 saturated heterocycles. The molecule has 0 spiro atoms. The Bertz CT molecular complexity index is 2760. The molecule has 0 amide bonds. The van der Waals surface area contributed by atoms with Crippen LogP contribution in [0.15, 0.2) is 174 Å². The Hall–Kier alpha value is -5.91. The van der Waals surface area contributed by atoms with E-state index < -0.39 is 0 Å². The lowest BCUT2D eigenvalue weighted by molar-refractivity contribution is 1.16. The van der Waals surface area contributed by atoms with E-state index in [-0.39, 0.29) is 6.71 Å². The molecule has 2 aliphatic heterocycles. The van der Waals surface area contributed by atoms with Crippen LogP contribution in [0.4, 0.5) is 17.1 Å². The summed E-state index contributed by atoms with van der Waals surface area (Å²) in [5.74, 6) is 0. The maximum absolute atomic E-state index is 2.62. The summed E-state index contributed by atoms with van der Waals surface area (Å²) >= 11 is 1.92. The van der Waals surface area contributed by atoms with Crippen LogP contribution in [-0.4, -0.2) is 15.8 Å². The minimum Gasteiger partial charge on any atom is -0.310 e. The molecule has 5 heteroatoms. The highest BCUT2D eigenvalue weighted by molar-refractivity contribution is 8.00. The molecule has 0 aliphatic carbocycles. The second-order valence-corrected chi connectivity index (χ2v) is 14.5. The number of aromatic nitrogens is 2. The van der Waals surface area contributed by atoms with E-state index in [0.29, 0.717) is 0 Å². The van der Waals surface area contributed by atoms with Crippen LogP contribution in [0.2, 0.25) is 0 Å². The van der Waals surface area contributed by atoms with Gasteiger partial charge in [0.25, 0.3) is 0 Å². The summed E-state index contributed by atoms with van der Waals surface area (Å²) in [5, 5.41) is 2.51. The topological polar surface area (TPSA) is 13.1 Å². The molecule has 0 saturated carbocycles. The van der Waals surface area contributed by atoms with E-state index in [2.05, 4.69) is 185 Å². The summed E-state index contributed by atoms with van der Waals surface area (Å²) in [5.41, 5.74) is 16.3. The Morgan fingerprint density at radius 2 is 1.20 bits per heavy atom. The van der Waals surface area contributed by atoms with Gasteiger partial charge < -0.3 is 14.0 Å². The fourth-order valence-electron chi connectivity index (χ4n) is 8.66. The molecular weight excluding hydrogens is 625 g/mol. The average Bonchev–Trinajstić information content (AvgIpc) is 3.69. The fourth-order valence-corrected chi connectivity index (χ4v) is 9.93. The molecule has 7 aromatic carbocycles. The third-order valence-electron chi connectivity index (χ3n) is 10.6. The molecule has 0 N–H and O–H groups in total. The van der Waals surface area contributed by atoms with Crippen molar-refractivity contribution in [3.05, 3.63) is 169 Å². The highest BCUT2D eigenvalue weighted by Crippen LogP contribution is 2.48. The minimum absolute atomic E-state index is 0.138. The van der Waals surface area contributed by atoms with E-state index in [1.54, 1.807) is 0 Å². The van der Waals surface area contributed by atoms with E-state index >= 15 is 0 Å². The van der Waals surface area contributed by atoms with Crippen LogP contribution in [0, 0.1) is 6.92 Å². The normalized spacial score (nSPS) is 12.8. The first-order valence-electron chi connectivity index (χ1n) is 17.2. The summed E-state index contributed by atoms with van der Waals surface area (Å²) in [6.45, 7) is 2.38. The second-order valence-electron chi connectivity index (χ2n) is 13.4. The van der Waals surface area contributed by atoms with Gasteiger partial charge in [-0.1, -0.05) is 114 Å². The van der Waals surface area contributed by atoms with Crippen molar-refractivity contribution in [2.24, 2.45) is 0 Å². The molecule has 4 heterocycles. The van der Waals surface area contributed by atoms with Crippen LogP contribution >= 0.6 is 11.8 Å². The number of para-hydroxylation sites is 4. The zero-order valence-corrected chi connectivity index (χ0v) is 28.2. The van der Waals surface area contributed by atoms with E-state index in [1.807, 2.05) is 11.8 Å². The van der Waals surface area contributed by atoms with Crippen LogP contribution in [0.5, 0.6) is 0 Å². The molecule has 0 bridgehead atoms. The van der Waals surface area contributed by atoms with Gasteiger partial charge in [0.15, 0.2) is 0 Å². The quantitative estimate of drug-likeness (QED) is 0.175. The molecule has 9 aromatic rings. The SMILES string of the molecule is Cc1cc2c3c(c1)-n1c4c(ccc(N(c5ccccc5)c5ccccc5)c4c4c1c1ccccc1n4-c1ccccc1)B3c1ccccc1S2. The molecule has 0 radical (unpaired) electrons. The number of rotatable bonds is 4. The zero-order chi connectivity index (χ0) is 32.9. The van der Waals surface area contributed by atoms with Gasteiger partial charge in [0, 0.05) is 43.3 Å². The maximum atomic E-state index is 2.62. The summed E-state index contributed by atoms with van der Waals surface area (Å²) in [4.78, 5) is 5.14. The van der Waals surface area contributed by atoms with Crippen molar-refractivity contribution in [2.75, 3.05) is 4.90 Å². The van der Waals surface area contributed by atoms with Crippen molar-refractivity contribution in [3.8, 4) is 11.4 Å². The lowest BCUT2D eigenvalue weighted by Gasteiger charge is -2.34. The monoisotopic (exact) mass is 655 g/mol. The van der Waals surface area contributed by atoms with Gasteiger partial charge in [0.2, 0.25) is 6.71 Å². The average molecular weight is 656 g/mol. The van der Waals surface area contributed by atoms with Crippen molar-refractivity contribution in [1.29, 1.82) is 0 Å². The Kier molecular flexibility index (Phi) is 5.90. The van der Waals surface area contributed by atoms with Crippen molar-refractivity contribution in [1.82, 2.24) is 9.13 Å². The molecule has 3 nitrogen and oxygen atoms in total. The van der Waals surface area contributed by atoms with Crippen molar-refractivity contribution < 1.29 is 0 Å². The van der Waals surface area contributed by atoms with Crippen LogP contribution in [0.1, 0.15) is 5.56 Å². The first-order valence-corrected chi connectivity index (χ1v) is 18.1. The van der Waals surface area contributed by atoms with Gasteiger partial charge in [-0.3, -0.25) is 0 Å². The first-order chi connectivity index (χ1) is 24.8. The predicted octanol–water partition coefficient (Wildman–Crippen LogP) is 9.80. The van der Waals surface area contributed by atoms with Gasteiger partial charge in [0.1, 0.15) is 0 Å². The molecule has 11 rings (SSSR count). The zero-order valence-electron chi connectivity index (χ0n) is 27.4. The number of anilines is 3. The van der Waals surface area contributed by atoms with Crippen molar-refractivity contribution in [2.45, 2.75) is 16.7 Å². The Morgan fingerprint density at radius 3 is 1.96 bits per heavy atom. The summed E-state index contributed by atoms with van der Waals surface area (Å²) in [6, 6.07) is 60.1. The lowest BCUT2D eigenvalue weighted by Crippen LogP contribution is -2.58. The van der Waals surface area contributed by atoms with Gasteiger partial charge in [0.05, 0.1) is 27.8 Å². The van der Waals surface area contributed by atoms with Crippen LogP contribution in [0.3, 0.4) is 0 Å². The molecule has 234 valence electrons. The summed E-state index contributed by atoms with van der Waals surface area (Å²) < 4.78 is 5.13. The van der Waals surface area contributed by atoms with Gasteiger partial charge in [-0.2, -0.15) is 0 Å².